The molecule has 0 heterocycles. The predicted octanol–water partition coefficient (Wildman–Crippen LogP) is 3.38. The second kappa shape index (κ2) is 5.02. The van der Waals surface area contributed by atoms with Crippen LogP contribution in [0.1, 0.15) is 12.5 Å². The number of aliphatic hydroxyl groups is 1. The summed E-state index contributed by atoms with van der Waals surface area (Å²) in [5, 5.41) is 19.0. The summed E-state index contributed by atoms with van der Waals surface area (Å²) in [7, 11) is 0. The second-order valence-corrected chi connectivity index (χ2v) is 3.86. The Labute approximate surface area is 103 Å². The van der Waals surface area contributed by atoms with Crippen molar-refractivity contribution in [2.24, 2.45) is 0 Å². The number of carbonyl (C=O) groups is 1. The Morgan fingerprint density at radius 3 is 2.56 bits per heavy atom. The molecule has 0 aliphatic heterocycles. The van der Waals surface area contributed by atoms with Crippen molar-refractivity contribution < 1.29 is 9.90 Å². The molecule has 0 aromatic heterocycles. The third-order valence-corrected chi connectivity index (χ3v) is 2.45. The van der Waals surface area contributed by atoms with Gasteiger partial charge >= 0.3 is 0 Å². The fourth-order valence-corrected chi connectivity index (χ4v) is 1.49. The number of carbonyl (C=O) groups excluding carboxylic acids is 1. The molecular weight excluding hydrogens is 249 g/mol. The van der Waals surface area contributed by atoms with E-state index in [4.69, 9.17) is 28.5 Å². The number of aliphatic hydroxyl groups excluding tert-OH is 1. The predicted molar refractivity (Wildman–Crippen MR) is 62.3 cm³/mol. The van der Waals surface area contributed by atoms with Crippen LogP contribution in [-0.2, 0) is 4.79 Å². The van der Waals surface area contributed by atoms with Gasteiger partial charge in [-0.15, -0.1) is 0 Å². The molecule has 1 aromatic rings. The number of nitriles is 1. The van der Waals surface area contributed by atoms with Gasteiger partial charge < -0.3 is 5.11 Å². The molecule has 16 heavy (non-hydrogen) atoms. The van der Waals surface area contributed by atoms with Crippen molar-refractivity contribution in [1.82, 2.24) is 0 Å². The molecule has 0 aliphatic carbocycles. The van der Waals surface area contributed by atoms with Crippen molar-refractivity contribution in [3.05, 3.63) is 39.4 Å². The molecule has 1 N–H and O–H groups in total. The number of halogens is 2. The lowest BCUT2D eigenvalue weighted by Crippen LogP contribution is -1.99. The minimum Gasteiger partial charge on any atom is -0.506 e. The van der Waals surface area contributed by atoms with Crippen LogP contribution in [0.3, 0.4) is 0 Å². The highest BCUT2D eigenvalue weighted by atomic mass is 35.5. The molecule has 0 radical (unpaired) electrons. The van der Waals surface area contributed by atoms with Crippen molar-refractivity contribution in [3.8, 4) is 6.07 Å². The van der Waals surface area contributed by atoms with Gasteiger partial charge in [-0.25, -0.2) is 0 Å². The zero-order valence-electron chi connectivity index (χ0n) is 8.29. The molecule has 5 heteroatoms. The minimum atomic E-state index is -0.531. The Balaban J connectivity index is 3.44. The summed E-state index contributed by atoms with van der Waals surface area (Å²) in [4.78, 5) is 11.1. The summed E-state index contributed by atoms with van der Waals surface area (Å²) >= 11 is 11.6. The summed E-state index contributed by atoms with van der Waals surface area (Å²) in [5.74, 6) is -0.987. The van der Waals surface area contributed by atoms with E-state index in [1.54, 1.807) is 12.1 Å². The Morgan fingerprint density at radius 2 is 2.06 bits per heavy atom. The Hall–Kier alpha value is -1.50. The van der Waals surface area contributed by atoms with Crippen molar-refractivity contribution in [2.45, 2.75) is 6.92 Å². The monoisotopic (exact) mass is 255 g/mol. The molecule has 1 aromatic carbocycles. The number of ketones is 1. The fraction of sp³-hybridized carbons (Fsp3) is 0.0909. The van der Waals surface area contributed by atoms with Crippen LogP contribution in [0.5, 0.6) is 0 Å². The molecule has 0 saturated carbocycles. The topological polar surface area (TPSA) is 61.1 Å². The maximum atomic E-state index is 11.1. The third-order valence-electron chi connectivity index (χ3n) is 1.88. The molecule has 0 fully saturated rings. The molecule has 0 saturated heterocycles. The molecule has 0 atom stereocenters. The molecule has 0 amide bonds. The minimum absolute atomic E-state index is 0.168. The number of nitrogens with zero attached hydrogens (tertiary/aromatic N) is 1. The van der Waals surface area contributed by atoms with Crippen LogP contribution in [0.2, 0.25) is 10.0 Å². The van der Waals surface area contributed by atoms with Crippen molar-refractivity contribution in [3.63, 3.8) is 0 Å². The van der Waals surface area contributed by atoms with E-state index in [-0.39, 0.29) is 16.2 Å². The number of hydrogen-bond donors (Lipinski definition) is 1. The van der Waals surface area contributed by atoms with E-state index >= 15 is 0 Å². The van der Waals surface area contributed by atoms with Crippen LogP contribution in [0.4, 0.5) is 0 Å². The molecule has 82 valence electrons. The van der Waals surface area contributed by atoms with Gasteiger partial charge in [-0.05, 0) is 18.2 Å². The van der Waals surface area contributed by atoms with Crippen LogP contribution in [-0.4, -0.2) is 10.9 Å². The molecule has 3 nitrogen and oxygen atoms in total. The highest BCUT2D eigenvalue weighted by Crippen LogP contribution is 2.27. The van der Waals surface area contributed by atoms with E-state index in [1.165, 1.54) is 19.1 Å². The first kappa shape index (κ1) is 12.6. The fourth-order valence-electron chi connectivity index (χ4n) is 1.11. The molecule has 0 spiro atoms. The van der Waals surface area contributed by atoms with Gasteiger partial charge in [0.15, 0.2) is 5.78 Å². The SMILES string of the molecule is CC(=O)C(C#N)=C(O)c1cc(Cl)ccc1Cl. The van der Waals surface area contributed by atoms with Gasteiger partial charge in [0.2, 0.25) is 0 Å². The highest BCUT2D eigenvalue weighted by molar-refractivity contribution is 6.34. The Bertz CT molecular complexity index is 515. The first-order valence-corrected chi connectivity index (χ1v) is 5.02. The van der Waals surface area contributed by atoms with E-state index in [9.17, 15) is 9.90 Å². The van der Waals surface area contributed by atoms with E-state index in [1.807, 2.05) is 0 Å². The van der Waals surface area contributed by atoms with Gasteiger partial charge in [0.25, 0.3) is 0 Å². The maximum absolute atomic E-state index is 11.1. The van der Waals surface area contributed by atoms with Gasteiger partial charge in [0.05, 0.1) is 5.02 Å². The lowest BCUT2D eigenvalue weighted by atomic mass is 10.1. The Kier molecular flexibility index (Phi) is 3.94. The largest absolute Gasteiger partial charge is 0.506 e. The molecular formula is C11H7Cl2NO2. The normalized spacial score (nSPS) is 11.6. The summed E-state index contributed by atoms with van der Waals surface area (Å²) in [6.07, 6.45) is 0. The smallest absolute Gasteiger partial charge is 0.174 e. The lowest BCUT2D eigenvalue weighted by molar-refractivity contribution is -0.113. The number of Topliss-reactive ketones (excluding diaryl/α,β-unsaturated/α-hetero) is 1. The van der Waals surface area contributed by atoms with Crippen LogP contribution < -0.4 is 0 Å². The van der Waals surface area contributed by atoms with E-state index < -0.39 is 11.5 Å². The van der Waals surface area contributed by atoms with Gasteiger partial charge in [-0.1, -0.05) is 23.2 Å². The van der Waals surface area contributed by atoms with Gasteiger partial charge in [0.1, 0.15) is 17.4 Å². The van der Waals surface area contributed by atoms with Gasteiger partial charge in [-0.3, -0.25) is 4.79 Å². The number of allylic oxidation sites excluding steroid dienone is 1. The average molecular weight is 256 g/mol. The van der Waals surface area contributed by atoms with Crippen molar-refractivity contribution >= 4 is 34.7 Å². The molecule has 0 unspecified atom stereocenters. The quantitative estimate of drug-likeness (QED) is 0.501. The van der Waals surface area contributed by atoms with E-state index in [0.717, 1.165) is 0 Å². The first-order chi connectivity index (χ1) is 7.47. The van der Waals surface area contributed by atoms with Crippen LogP contribution in [0, 0.1) is 11.3 Å². The van der Waals surface area contributed by atoms with Crippen LogP contribution in [0.15, 0.2) is 23.8 Å². The zero-order valence-corrected chi connectivity index (χ0v) is 9.80. The van der Waals surface area contributed by atoms with Gasteiger partial charge in [0, 0.05) is 17.5 Å². The van der Waals surface area contributed by atoms with E-state index in [0.29, 0.717) is 5.02 Å². The van der Waals surface area contributed by atoms with E-state index in [2.05, 4.69) is 0 Å². The molecule has 1 rings (SSSR count). The van der Waals surface area contributed by atoms with Crippen molar-refractivity contribution in [1.29, 1.82) is 5.26 Å². The molecule has 0 aliphatic rings. The number of rotatable bonds is 2. The number of hydrogen-bond acceptors (Lipinski definition) is 3. The molecule has 0 bridgehead atoms. The number of benzene rings is 1. The maximum Gasteiger partial charge on any atom is 0.174 e. The third kappa shape index (κ3) is 2.54. The zero-order chi connectivity index (χ0) is 12.3. The average Bonchev–Trinajstić information content (AvgIpc) is 2.22. The first-order valence-electron chi connectivity index (χ1n) is 4.27. The Morgan fingerprint density at radius 1 is 1.44 bits per heavy atom. The van der Waals surface area contributed by atoms with Crippen LogP contribution >= 0.6 is 23.2 Å². The lowest BCUT2D eigenvalue weighted by Gasteiger charge is -2.05. The van der Waals surface area contributed by atoms with Crippen molar-refractivity contribution in [2.75, 3.05) is 0 Å². The highest BCUT2D eigenvalue weighted by Gasteiger charge is 2.15. The second-order valence-electron chi connectivity index (χ2n) is 3.02. The van der Waals surface area contributed by atoms with Gasteiger partial charge in [-0.2, -0.15) is 5.26 Å². The standard InChI is InChI=1S/C11H7Cl2NO2/c1-6(15)9(5-14)11(16)8-4-7(12)2-3-10(8)13/h2-4,16H,1H3. The van der Waals surface area contributed by atoms with Crippen LogP contribution in [0.25, 0.3) is 5.76 Å². The summed E-state index contributed by atoms with van der Waals surface area (Å²) in [6.45, 7) is 1.19. The summed E-state index contributed by atoms with van der Waals surface area (Å²) < 4.78 is 0. The summed E-state index contributed by atoms with van der Waals surface area (Å²) in [5.41, 5.74) is -0.176. The summed E-state index contributed by atoms with van der Waals surface area (Å²) in [6, 6.07) is 6.03.